The highest BCUT2D eigenvalue weighted by Crippen LogP contribution is 2.31. The highest BCUT2D eigenvalue weighted by Gasteiger charge is 2.23. The second-order valence-corrected chi connectivity index (χ2v) is 9.52. The van der Waals surface area contributed by atoms with Crippen LogP contribution in [0.15, 0.2) is 53.6 Å². The number of hydrogen-bond donors (Lipinski definition) is 1. The highest BCUT2D eigenvalue weighted by atomic mass is 32.2. The average molecular weight is 507 g/mol. The summed E-state index contributed by atoms with van der Waals surface area (Å²) in [6.45, 7) is 2.07. The molecule has 1 amide bonds. The van der Waals surface area contributed by atoms with E-state index in [0.717, 1.165) is 10.4 Å². The van der Waals surface area contributed by atoms with E-state index in [1.54, 1.807) is 42.6 Å². The van der Waals surface area contributed by atoms with E-state index in [9.17, 15) is 23.7 Å². The maximum Gasteiger partial charge on any atom is 0.293 e. The minimum Gasteiger partial charge on any atom is -0.378 e. The number of anilines is 2. The SMILES string of the molecule is O=C(Nc1ncc(Cc2ccc(SC(F)F)cc2)s1)c1ccc(N2CCOCC2)c([N+](=O)[O-])c1. The first-order valence-corrected chi connectivity index (χ1v) is 12.0. The number of aromatic nitrogens is 1. The number of halogens is 2. The summed E-state index contributed by atoms with van der Waals surface area (Å²) in [5.41, 5.74) is 1.41. The lowest BCUT2D eigenvalue weighted by molar-refractivity contribution is -0.384. The molecule has 1 aromatic heterocycles. The number of nitro benzene ring substituents is 1. The van der Waals surface area contributed by atoms with Gasteiger partial charge in [0.25, 0.3) is 17.4 Å². The zero-order valence-electron chi connectivity index (χ0n) is 17.8. The second kappa shape index (κ2) is 10.9. The number of benzene rings is 2. The van der Waals surface area contributed by atoms with Gasteiger partial charge in [0, 0.05) is 47.1 Å². The average Bonchev–Trinajstić information content (AvgIpc) is 3.26. The van der Waals surface area contributed by atoms with Crippen molar-refractivity contribution in [3.8, 4) is 0 Å². The molecule has 0 radical (unpaired) electrons. The molecule has 0 bridgehead atoms. The zero-order chi connectivity index (χ0) is 24.1. The van der Waals surface area contributed by atoms with Gasteiger partial charge in [0.1, 0.15) is 5.69 Å². The van der Waals surface area contributed by atoms with Gasteiger partial charge in [0.05, 0.1) is 18.1 Å². The Morgan fingerprint density at radius 2 is 1.97 bits per heavy atom. The van der Waals surface area contributed by atoms with E-state index in [2.05, 4.69) is 10.3 Å². The van der Waals surface area contributed by atoms with Gasteiger partial charge in [0.15, 0.2) is 5.13 Å². The molecule has 34 heavy (non-hydrogen) atoms. The van der Waals surface area contributed by atoms with Crippen LogP contribution in [0.25, 0.3) is 0 Å². The third-order valence-electron chi connectivity index (χ3n) is 5.09. The molecule has 12 heteroatoms. The minimum atomic E-state index is -2.46. The van der Waals surface area contributed by atoms with Gasteiger partial charge in [-0.25, -0.2) is 4.98 Å². The molecule has 1 aliphatic rings. The van der Waals surface area contributed by atoms with Crippen molar-refractivity contribution in [3.63, 3.8) is 0 Å². The van der Waals surface area contributed by atoms with E-state index >= 15 is 0 Å². The van der Waals surface area contributed by atoms with Crippen LogP contribution >= 0.6 is 23.1 Å². The number of morpholine rings is 1. The Kier molecular flexibility index (Phi) is 7.70. The first-order valence-electron chi connectivity index (χ1n) is 10.3. The molecule has 1 aliphatic heterocycles. The third kappa shape index (κ3) is 6.07. The van der Waals surface area contributed by atoms with Crippen molar-refractivity contribution >= 4 is 45.5 Å². The predicted molar refractivity (Wildman–Crippen MR) is 127 cm³/mol. The minimum absolute atomic E-state index is 0.136. The quantitative estimate of drug-likeness (QED) is 0.260. The monoisotopic (exact) mass is 506 g/mol. The van der Waals surface area contributed by atoms with Crippen LogP contribution in [0, 0.1) is 10.1 Å². The predicted octanol–water partition coefficient (Wildman–Crippen LogP) is 5.05. The number of rotatable bonds is 8. The number of nitro groups is 1. The molecule has 178 valence electrons. The number of carbonyl (C=O) groups excluding carboxylic acids is 1. The summed E-state index contributed by atoms with van der Waals surface area (Å²) < 4.78 is 30.2. The second-order valence-electron chi connectivity index (χ2n) is 7.35. The Morgan fingerprint density at radius 3 is 2.65 bits per heavy atom. The number of ether oxygens (including phenoxy) is 1. The smallest absolute Gasteiger partial charge is 0.293 e. The molecule has 1 N–H and O–H groups in total. The van der Waals surface area contributed by atoms with Gasteiger partial charge < -0.3 is 9.64 Å². The van der Waals surface area contributed by atoms with E-state index in [-0.39, 0.29) is 11.3 Å². The number of alkyl halides is 2. The molecule has 0 saturated carbocycles. The first kappa shape index (κ1) is 24.0. The Hall–Kier alpha value is -3.09. The summed E-state index contributed by atoms with van der Waals surface area (Å²) in [7, 11) is 0. The summed E-state index contributed by atoms with van der Waals surface area (Å²) in [6, 6.07) is 11.2. The molecule has 0 spiro atoms. The van der Waals surface area contributed by atoms with Crippen molar-refractivity contribution in [1.29, 1.82) is 0 Å². The van der Waals surface area contributed by atoms with Gasteiger partial charge >= 0.3 is 0 Å². The molecular formula is C22H20F2N4O4S2. The largest absolute Gasteiger partial charge is 0.378 e. The molecule has 1 fully saturated rings. The lowest BCUT2D eigenvalue weighted by Crippen LogP contribution is -2.36. The van der Waals surface area contributed by atoms with Crippen LogP contribution < -0.4 is 10.2 Å². The van der Waals surface area contributed by atoms with Crippen molar-refractivity contribution in [1.82, 2.24) is 4.98 Å². The summed E-state index contributed by atoms with van der Waals surface area (Å²) in [4.78, 5) is 31.3. The topological polar surface area (TPSA) is 97.6 Å². The Balaban J connectivity index is 1.42. The van der Waals surface area contributed by atoms with Crippen molar-refractivity contribution in [2.75, 3.05) is 36.5 Å². The summed E-state index contributed by atoms with van der Waals surface area (Å²) in [6.07, 6.45) is 2.17. The normalized spacial score (nSPS) is 13.8. The van der Waals surface area contributed by atoms with Crippen molar-refractivity contribution in [2.45, 2.75) is 17.1 Å². The lowest BCUT2D eigenvalue weighted by Gasteiger charge is -2.28. The number of nitrogens with one attached hydrogen (secondary N) is 1. The molecule has 2 heterocycles. The molecule has 8 nitrogen and oxygen atoms in total. The van der Waals surface area contributed by atoms with E-state index in [1.807, 2.05) is 4.90 Å². The Labute approximate surface area is 202 Å². The maximum atomic E-state index is 12.7. The standard InChI is InChI=1S/C22H20F2N4O4S2/c23-21(24)33-16-4-1-14(2-5-16)11-17-13-25-22(34-17)26-20(29)15-3-6-18(19(12-15)28(30)31)27-7-9-32-10-8-27/h1-6,12-13,21H,7-11H2,(H,25,26,29). The van der Waals surface area contributed by atoms with E-state index in [0.29, 0.717) is 60.2 Å². The number of nitrogens with zero attached hydrogens (tertiary/aromatic N) is 3. The molecule has 3 aromatic rings. The molecule has 0 aliphatic carbocycles. The number of thiazole rings is 1. The van der Waals surface area contributed by atoms with Crippen molar-refractivity contribution in [2.24, 2.45) is 0 Å². The van der Waals surface area contributed by atoms with Crippen LogP contribution in [0.2, 0.25) is 0 Å². The molecule has 2 aromatic carbocycles. The van der Waals surface area contributed by atoms with Crippen LogP contribution in [-0.2, 0) is 11.2 Å². The van der Waals surface area contributed by atoms with Gasteiger partial charge in [-0.2, -0.15) is 8.78 Å². The van der Waals surface area contributed by atoms with Crippen LogP contribution in [0.5, 0.6) is 0 Å². The van der Waals surface area contributed by atoms with Gasteiger partial charge in [0.2, 0.25) is 0 Å². The number of amides is 1. The van der Waals surface area contributed by atoms with Gasteiger partial charge in [-0.3, -0.25) is 20.2 Å². The molecular weight excluding hydrogens is 486 g/mol. The van der Waals surface area contributed by atoms with E-state index in [4.69, 9.17) is 4.74 Å². The molecule has 4 rings (SSSR count). The van der Waals surface area contributed by atoms with Crippen LogP contribution in [0.3, 0.4) is 0 Å². The van der Waals surface area contributed by atoms with Crippen LogP contribution in [0.1, 0.15) is 20.8 Å². The van der Waals surface area contributed by atoms with Gasteiger partial charge in [-0.1, -0.05) is 23.9 Å². The number of carbonyl (C=O) groups is 1. The van der Waals surface area contributed by atoms with Crippen molar-refractivity contribution in [3.05, 3.63) is 74.8 Å². The Morgan fingerprint density at radius 1 is 1.24 bits per heavy atom. The van der Waals surface area contributed by atoms with Crippen molar-refractivity contribution < 1.29 is 23.2 Å². The lowest BCUT2D eigenvalue weighted by atomic mass is 10.1. The maximum absolute atomic E-state index is 12.7. The fourth-order valence-corrected chi connectivity index (χ4v) is 4.83. The summed E-state index contributed by atoms with van der Waals surface area (Å²) in [5.74, 6) is -2.96. The molecule has 0 unspecified atom stereocenters. The van der Waals surface area contributed by atoms with Crippen LogP contribution in [-0.4, -0.2) is 47.9 Å². The fraction of sp³-hybridized carbons (Fsp3) is 0.273. The van der Waals surface area contributed by atoms with E-state index in [1.165, 1.54) is 17.4 Å². The third-order valence-corrected chi connectivity index (χ3v) is 6.72. The van der Waals surface area contributed by atoms with Gasteiger partial charge in [-0.05, 0) is 29.8 Å². The fourth-order valence-electron chi connectivity index (χ4n) is 3.49. The van der Waals surface area contributed by atoms with Gasteiger partial charge in [-0.15, -0.1) is 11.3 Å². The zero-order valence-corrected chi connectivity index (χ0v) is 19.4. The highest BCUT2D eigenvalue weighted by molar-refractivity contribution is 7.99. The van der Waals surface area contributed by atoms with Crippen LogP contribution in [0.4, 0.5) is 25.3 Å². The number of hydrogen-bond acceptors (Lipinski definition) is 8. The Bertz CT molecular complexity index is 1170. The molecule has 0 atom stereocenters. The first-order chi connectivity index (χ1) is 16.4. The molecule has 1 saturated heterocycles. The van der Waals surface area contributed by atoms with E-state index < -0.39 is 16.6 Å². The summed E-state index contributed by atoms with van der Waals surface area (Å²) >= 11 is 1.77. The summed E-state index contributed by atoms with van der Waals surface area (Å²) in [5, 5.41) is 14.7. The number of thioether (sulfide) groups is 1.